The molecule has 28 heavy (non-hydrogen) atoms. The quantitative estimate of drug-likeness (QED) is 0.750. The van der Waals surface area contributed by atoms with E-state index >= 15 is 0 Å². The van der Waals surface area contributed by atoms with Gasteiger partial charge in [0.15, 0.2) is 0 Å². The first-order valence-electron chi connectivity index (χ1n) is 8.99. The summed E-state index contributed by atoms with van der Waals surface area (Å²) in [6.07, 6.45) is 1.36. The molecular formula is C21H21ClN2O4. The number of carbonyl (C=O) groups is 3. The number of imide groups is 1. The standard InChI is InChI=1S/C21H21ClN2O4/c1-3-21(11-10-18(25)24-20(21)27)13-4-7-15(8-5-13)23-19(26)16-12-14(22)6-9-17(16)28-2/h4-9,12H,3,10-11H2,1-2H3,(H,23,26)(H,24,25,27)/t21-/m0/s1. The zero-order valence-corrected chi connectivity index (χ0v) is 16.4. The van der Waals surface area contributed by atoms with Crippen LogP contribution in [0.15, 0.2) is 42.5 Å². The van der Waals surface area contributed by atoms with Gasteiger partial charge in [-0.05, 0) is 48.7 Å². The van der Waals surface area contributed by atoms with E-state index in [9.17, 15) is 14.4 Å². The average molecular weight is 401 g/mol. The minimum absolute atomic E-state index is 0.242. The molecule has 7 heteroatoms. The summed E-state index contributed by atoms with van der Waals surface area (Å²) in [5.41, 5.74) is 0.994. The third-order valence-electron chi connectivity index (χ3n) is 5.17. The first-order valence-corrected chi connectivity index (χ1v) is 9.37. The Bertz CT molecular complexity index is 927. The van der Waals surface area contributed by atoms with Gasteiger partial charge in [0.25, 0.3) is 5.91 Å². The van der Waals surface area contributed by atoms with Crippen LogP contribution in [0.5, 0.6) is 5.75 Å². The van der Waals surface area contributed by atoms with Crippen molar-refractivity contribution in [2.45, 2.75) is 31.6 Å². The van der Waals surface area contributed by atoms with Crippen molar-refractivity contribution in [3.8, 4) is 5.75 Å². The Labute approximate surface area is 168 Å². The third-order valence-corrected chi connectivity index (χ3v) is 5.41. The lowest BCUT2D eigenvalue weighted by Gasteiger charge is -2.35. The van der Waals surface area contributed by atoms with Crippen LogP contribution in [0.1, 0.15) is 42.1 Å². The Morgan fingerprint density at radius 2 is 1.93 bits per heavy atom. The maximum Gasteiger partial charge on any atom is 0.259 e. The predicted molar refractivity (Wildman–Crippen MR) is 107 cm³/mol. The van der Waals surface area contributed by atoms with E-state index in [2.05, 4.69) is 10.6 Å². The summed E-state index contributed by atoms with van der Waals surface area (Å²) in [4.78, 5) is 36.6. The van der Waals surface area contributed by atoms with Gasteiger partial charge in [-0.2, -0.15) is 0 Å². The van der Waals surface area contributed by atoms with Crippen molar-refractivity contribution >= 4 is 35.0 Å². The molecule has 3 amide bonds. The molecule has 0 aliphatic carbocycles. The fourth-order valence-corrected chi connectivity index (χ4v) is 3.67. The fourth-order valence-electron chi connectivity index (χ4n) is 3.49. The highest BCUT2D eigenvalue weighted by atomic mass is 35.5. The van der Waals surface area contributed by atoms with Gasteiger partial charge in [-0.1, -0.05) is 30.7 Å². The number of hydrogen-bond acceptors (Lipinski definition) is 4. The Hall–Kier alpha value is -2.86. The van der Waals surface area contributed by atoms with Crippen LogP contribution in [0.4, 0.5) is 5.69 Å². The number of anilines is 1. The second kappa shape index (κ2) is 8.02. The molecule has 2 aromatic carbocycles. The molecule has 1 aliphatic heterocycles. The van der Waals surface area contributed by atoms with Crippen molar-refractivity contribution in [1.82, 2.24) is 5.32 Å². The lowest BCUT2D eigenvalue weighted by Crippen LogP contribution is -2.51. The molecule has 1 atom stereocenters. The number of hydrogen-bond donors (Lipinski definition) is 2. The second-order valence-electron chi connectivity index (χ2n) is 6.69. The molecule has 1 fully saturated rings. The molecule has 3 rings (SSSR count). The summed E-state index contributed by atoms with van der Waals surface area (Å²) < 4.78 is 5.21. The molecule has 1 heterocycles. The Kier molecular flexibility index (Phi) is 5.70. The average Bonchev–Trinajstić information content (AvgIpc) is 2.69. The number of halogens is 1. The van der Waals surface area contributed by atoms with E-state index in [0.717, 1.165) is 5.56 Å². The van der Waals surface area contributed by atoms with Crippen LogP contribution in [-0.4, -0.2) is 24.8 Å². The van der Waals surface area contributed by atoms with Gasteiger partial charge in [-0.15, -0.1) is 0 Å². The number of nitrogens with one attached hydrogen (secondary N) is 2. The minimum atomic E-state index is -0.730. The number of ether oxygens (including phenoxy) is 1. The monoisotopic (exact) mass is 400 g/mol. The van der Waals surface area contributed by atoms with Crippen molar-refractivity contribution in [2.75, 3.05) is 12.4 Å². The number of benzene rings is 2. The Morgan fingerprint density at radius 1 is 1.21 bits per heavy atom. The highest BCUT2D eigenvalue weighted by Crippen LogP contribution is 2.36. The molecule has 6 nitrogen and oxygen atoms in total. The van der Waals surface area contributed by atoms with Crippen molar-refractivity contribution in [2.24, 2.45) is 0 Å². The van der Waals surface area contributed by atoms with E-state index in [0.29, 0.717) is 41.3 Å². The highest BCUT2D eigenvalue weighted by Gasteiger charge is 2.42. The molecule has 0 saturated carbocycles. The summed E-state index contributed by atoms with van der Waals surface area (Å²) in [6, 6.07) is 11.9. The van der Waals surface area contributed by atoms with Gasteiger partial charge in [0, 0.05) is 17.1 Å². The molecule has 2 N–H and O–H groups in total. The number of amides is 3. The van der Waals surface area contributed by atoms with Gasteiger partial charge < -0.3 is 10.1 Å². The van der Waals surface area contributed by atoms with Gasteiger partial charge in [0.2, 0.25) is 11.8 Å². The summed E-state index contributed by atoms with van der Waals surface area (Å²) in [5.74, 6) is -0.439. The van der Waals surface area contributed by atoms with Gasteiger partial charge in [-0.25, -0.2) is 0 Å². The summed E-state index contributed by atoms with van der Waals surface area (Å²) in [5, 5.41) is 5.67. The fraction of sp³-hybridized carbons (Fsp3) is 0.286. The lowest BCUT2D eigenvalue weighted by molar-refractivity contribution is -0.138. The lowest BCUT2D eigenvalue weighted by atomic mass is 9.72. The van der Waals surface area contributed by atoms with Crippen molar-refractivity contribution in [3.05, 3.63) is 58.6 Å². The van der Waals surface area contributed by atoms with E-state index < -0.39 is 5.41 Å². The van der Waals surface area contributed by atoms with Crippen molar-refractivity contribution < 1.29 is 19.1 Å². The van der Waals surface area contributed by atoms with Crippen LogP contribution in [0, 0.1) is 0 Å². The summed E-state index contributed by atoms with van der Waals surface area (Å²) >= 11 is 5.99. The van der Waals surface area contributed by atoms with Crippen LogP contribution in [-0.2, 0) is 15.0 Å². The van der Waals surface area contributed by atoms with Crippen molar-refractivity contribution in [3.63, 3.8) is 0 Å². The number of carbonyl (C=O) groups excluding carboxylic acids is 3. The maximum atomic E-state index is 12.6. The van der Waals surface area contributed by atoms with E-state index in [4.69, 9.17) is 16.3 Å². The first-order chi connectivity index (χ1) is 13.4. The molecule has 2 aromatic rings. The van der Waals surface area contributed by atoms with Crippen molar-refractivity contribution in [1.29, 1.82) is 0 Å². The molecule has 0 aromatic heterocycles. The molecule has 1 saturated heterocycles. The first kappa shape index (κ1) is 19.9. The smallest absolute Gasteiger partial charge is 0.259 e. The second-order valence-corrected chi connectivity index (χ2v) is 7.13. The molecule has 0 bridgehead atoms. The van der Waals surface area contributed by atoms with Crippen LogP contribution in [0.25, 0.3) is 0 Å². The van der Waals surface area contributed by atoms with Crippen LogP contribution in [0.2, 0.25) is 5.02 Å². The highest BCUT2D eigenvalue weighted by molar-refractivity contribution is 6.31. The molecular weight excluding hydrogens is 380 g/mol. The normalized spacial score (nSPS) is 19.1. The zero-order valence-electron chi connectivity index (χ0n) is 15.7. The molecule has 1 aliphatic rings. The van der Waals surface area contributed by atoms with E-state index in [1.54, 1.807) is 30.3 Å². The predicted octanol–water partition coefficient (Wildman–Crippen LogP) is 3.69. The van der Waals surface area contributed by atoms with Gasteiger partial charge in [-0.3, -0.25) is 19.7 Å². The number of piperidine rings is 1. The number of methoxy groups -OCH3 is 1. The molecule has 0 spiro atoms. The summed E-state index contributed by atoms with van der Waals surface area (Å²) in [7, 11) is 1.49. The van der Waals surface area contributed by atoms with E-state index in [-0.39, 0.29) is 17.7 Å². The van der Waals surface area contributed by atoms with E-state index in [1.807, 2.05) is 19.1 Å². The zero-order chi connectivity index (χ0) is 20.3. The number of rotatable bonds is 5. The van der Waals surface area contributed by atoms with Gasteiger partial charge in [0.1, 0.15) is 5.75 Å². The maximum absolute atomic E-state index is 12.6. The van der Waals surface area contributed by atoms with E-state index in [1.165, 1.54) is 7.11 Å². The molecule has 0 radical (unpaired) electrons. The molecule has 0 unspecified atom stereocenters. The van der Waals surface area contributed by atoms with Gasteiger partial charge >= 0.3 is 0 Å². The van der Waals surface area contributed by atoms with Crippen LogP contribution >= 0.6 is 11.6 Å². The van der Waals surface area contributed by atoms with Gasteiger partial charge in [0.05, 0.1) is 18.1 Å². The minimum Gasteiger partial charge on any atom is -0.496 e. The topological polar surface area (TPSA) is 84.5 Å². The largest absolute Gasteiger partial charge is 0.496 e. The molecule has 146 valence electrons. The Balaban J connectivity index is 1.81. The summed E-state index contributed by atoms with van der Waals surface area (Å²) in [6.45, 7) is 1.93. The van der Waals surface area contributed by atoms with Crippen LogP contribution in [0.3, 0.4) is 0 Å². The van der Waals surface area contributed by atoms with Crippen LogP contribution < -0.4 is 15.4 Å². The third kappa shape index (κ3) is 3.73. The SMILES string of the molecule is CC[C@@]1(c2ccc(NC(=O)c3cc(Cl)ccc3OC)cc2)CCC(=O)NC1=O. The Morgan fingerprint density at radius 3 is 2.54 bits per heavy atom.